The monoisotopic (exact) mass is 606 g/mol. The van der Waals surface area contributed by atoms with Crippen molar-refractivity contribution in [2.45, 2.75) is 83.5 Å². The van der Waals surface area contributed by atoms with Crippen LogP contribution in [0, 0.1) is 0 Å². The van der Waals surface area contributed by atoms with E-state index in [0.29, 0.717) is 29.3 Å². The van der Waals surface area contributed by atoms with Gasteiger partial charge in [0.2, 0.25) is 0 Å². The third kappa shape index (κ3) is 7.50. The van der Waals surface area contributed by atoms with Gasteiger partial charge in [0, 0.05) is 41.9 Å². The highest BCUT2D eigenvalue weighted by Crippen LogP contribution is 2.41. The summed E-state index contributed by atoms with van der Waals surface area (Å²) in [5, 5.41) is 13.3. The van der Waals surface area contributed by atoms with Gasteiger partial charge < -0.3 is 19.4 Å². The number of esters is 1. The molecule has 1 unspecified atom stereocenters. The number of aromatic nitrogens is 2. The first kappa shape index (κ1) is 32.1. The summed E-state index contributed by atoms with van der Waals surface area (Å²) in [6.07, 6.45) is 11.7. The number of ether oxygens (including phenoxy) is 1. The SMILES string of the molecule is CCCCCCCCCCCC(=O)OCCc1c(C(c2ccccc2)c2c(O)c3ccccc3n(C)c2=O)[nH]c2ccccc12. The first-order valence-corrected chi connectivity index (χ1v) is 16.6. The number of hydrogen-bond donors (Lipinski definition) is 2. The number of unbranched alkanes of at least 4 members (excludes halogenated alkanes) is 8. The van der Waals surface area contributed by atoms with E-state index < -0.39 is 5.92 Å². The quantitative estimate of drug-likeness (QED) is 0.0868. The zero-order valence-corrected chi connectivity index (χ0v) is 26.7. The van der Waals surface area contributed by atoms with Crippen LogP contribution in [0.15, 0.2) is 83.7 Å². The molecule has 6 nitrogen and oxygen atoms in total. The lowest BCUT2D eigenvalue weighted by molar-refractivity contribution is -0.143. The van der Waals surface area contributed by atoms with E-state index in [2.05, 4.69) is 18.0 Å². The summed E-state index contributed by atoms with van der Waals surface area (Å²) in [5.74, 6) is -0.742. The molecular formula is C39H46N2O4. The van der Waals surface area contributed by atoms with Gasteiger partial charge in [-0.3, -0.25) is 9.59 Å². The van der Waals surface area contributed by atoms with Gasteiger partial charge in [-0.05, 0) is 35.7 Å². The van der Waals surface area contributed by atoms with Crippen LogP contribution in [0.3, 0.4) is 0 Å². The number of rotatable bonds is 16. The van der Waals surface area contributed by atoms with Gasteiger partial charge in [-0.25, -0.2) is 0 Å². The number of aromatic hydroxyl groups is 1. The zero-order valence-electron chi connectivity index (χ0n) is 26.7. The van der Waals surface area contributed by atoms with Gasteiger partial charge in [-0.1, -0.05) is 119 Å². The van der Waals surface area contributed by atoms with E-state index in [4.69, 9.17) is 4.74 Å². The Balaban J connectivity index is 1.38. The third-order valence-electron chi connectivity index (χ3n) is 8.97. The van der Waals surface area contributed by atoms with Crippen LogP contribution in [0.1, 0.15) is 99.4 Å². The van der Waals surface area contributed by atoms with Crippen molar-refractivity contribution in [2.75, 3.05) is 6.61 Å². The molecule has 5 rings (SSSR count). The van der Waals surface area contributed by atoms with Crippen LogP contribution in [0.2, 0.25) is 0 Å². The number of aromatic amines is 1. The second-order valence-corrected chi connectivity index (χ2v) is 12.1. The van der Waals surface area contributed by atoms with E-state index in [-0.39, 0.29) is 23.9 Å². The highest BCUT2D eigenvalue weighted by molar-refractivity contribution is 5.88. The summed E-state index contributed by atoms with van der Waals surface area (Å²) < 4.78 is 7.35. The van der Waals surface area contributed by atoms with Gasteiger partial charge in [-0.2, -0.15) is 0 Å². The van der Waals surface area contributed by atoms with Crippen molar-refractivity contribution < 1.29 is 14.6 Å². The van der Waals surface area contributed by atoms with Crippen LogP contribution < -0.4 is 5.56 Å². The minimum absolute atomic E-state index is 0.0143. The highest BCUT2D eigenvalue weighted by atomic mass is 16.5. The van der Waals surface area contributed by atoms with Crippen molar-refractivity contribution in [1.82, 2.24) is 9.55 Å². The number of hydrogen-bond acceptors (Lipinski definition) is 4. The molecule has 5 aromatic rings. The van der Waals surface area contributed by atoms with Gasteiger partial charge >= 0.3 is 5.97 Å². The molecule has 0 aliphatic rings. The van der Waals surface area contributed by atoms with Gasteiger partial charge in [0.05, 0.1) is 23.6 Å². The fourth-order valence-electron chi connectivity index (χ4n) is 6.54. The maximum absolute atomic E-state index is 14.0. The van der Waals surface area contributed by atoms with Gasteiger partial charge in [-0.15, -0.1) is 0 Å². The molecule has 0 amide bonds. The van der Waals surface area contributed by atoms with Gasteiger partial charge in [0.15, 0.2) is 0 Å². The molecule has 0 aliphatic heterocycles. The predicted octanol–water partition coefficient (Wildman–Crippen LogP) is 8.91. The molecular weight excluding hydrogens is 560 g/mol. The molecule has 0 bridgehead atoms. The number of nitrogens with one attached hydrogen (secondary N) is 1. The van der Waals surface area contributed by atoms with Crippen LogP contribution in [0.4, 0.5) is 0 Å². The lowest BCUT2D eigenvalue weighted by Gasteiger charge is -2.22. The number of pyridine rings is 1. The molecule has 0 aliphatic carbocycles. The molecule has 0 saturated carbocycles. The van der Waals surface area contributed by atoms with Crippen LogP contribution >= 0.6 is 0 Å². The molecule has 0 spiro atoms. The summed E-state index contributed by atoms with van der Waals surface area (Å²) in [7, 11) is 1.74. The Morgan fingerprint density at radius 2 is 1.44 bits per heavy atom. The van der Waals surface area contributed by atoms with Crippen LogP contribution in [0.5, 0.6) is 5.75 Å². The fourth-order valence-corrected chi connectivity index (χ4v) is 6.54. The maximum Gasteiger partial charge on any atom is 0.305 e. The second kappa shape index (κ2) is 15.6. The molecule has 2 N–H and O–H groups in total. The third-order valence-corrected chi connectivity index (χ3v) is 8.97. The number of para-hydroxylation sites is 2. The van der Waals surface area contributed by atoms with Gasteiger partial charge in [0.1, 0.15) is 5.75 Å². The smallest absolute Gasteiger partial charge is 0.305 e. The average Bonchev–Trinajstić information content (AvgIpc) is 3.43. The van der Waals surface area contributed by atoms with Crippen molar-refractivity contribution in [2.24, 2.45) is 7.05 Å². The van der Waals surface area contributed by atoms with E-state index >= 15 is 0 Å². The molecule has 0 radical (unpaired) electrons. The standard InChI is InChI=1S/C39H46N2O4/c1-3-4-5-6-7-8-9-10-14-25-34(42)45-27-26-30-29-21-15-17-23-32(29)40-37(30)35(28-19-12-11-13-20-28)36-38(43)31-22-16-18-24-33(31)41(2)39(36)44/h11-13,15-24,35,40,43H,3-10,14,25-27H2,1-2H3. The Morgan fingerprint density at radius 1 is 0.822 bits per heavy atom. The largest absolute Gasteiger partial charge is 0.507 e. The molecule has 1 atom stereocenters. The number of fused-ring (bicyclic) bond motifs is 2. The minimum Gasteiger partial charge on any atom is -0.507 e. The van der Waals surface area contributed by atoms with Crippen LogP contribution in [-0.2, 0) is 23.0 Å². The summed E-state index contributed by atoms with van der Waals surface area (Å²) in [5.41, 5.74) is 4.35. The molecule has 3 aromatic carbocycles. The van der Waals surface area contributed by atoms with Crippen molar-refractivity contribution in [3.8, 4) is 5.75 Å². The molecule has 2 heterocycles. The summed E-state index contributed by atoms with van der Waals surface area (Å²) in [6, 6.07) is 25.2. The lowest BCUT2D eigenvalue weighted by atomic mass is 9.85. The Labute approximate surface area is 266 Å². The predicted molar refractivity (Wildman–Crippen MR) is 183 cm³/mol. The fraction of sp³-hybridized carbons (Fsp3) is 0.385. The van der Waals surface area contributed by atoms with E-state index in [0.717, 1.165) is 40.6 Å². The van der Waals surface area contributed by atoms with Crippen molar-refractivity contribution in [3.05, 3.63) is 112 Å². The summed E-state index contributed by atoms with van der Waals surface area (Å²) >= 11 is 0. The molecule has 0 saturated heterocycles. The second-order valence-electron chi connectivity index (χ2n) is 12.1. The summed E-state index contributed by atoms with van der Waals surface area (Å²) in [6.45, 7) is 2.48. The highest BCUT2D eigenvalue weighted by Gasteiger charge is 2.30. The van der Waals surface area contributed by atoms with Crippen molar-refractivity contribution >= 4 is 27.8 Å². The van der Waals surface area contributed by atoms with Crippen LogP contribution in [-0.4, -0.2) is 27.2 Å². The molecule has 6 heteroatoms. The minimum atomic E-state index is -0.561. The Kier molecular flexibility index (Phi) is 11.1. The normalized spacial score (nSPS) is 12.1. The van der Waals surface area contributed by atoms with E-state index in [1.54, 1.807) is 11.6 Å². The van der Waals surface area contributed by atoms with Gasteiger partial charge in [0.25, 0.3) is 5.56 Å². The number of H-pyrrole nitrogens is 1. The van der Waals surface area contributed by atoms with Crippen LogP contribution in [0.25, 0.3) is 21.8 Å². The molecule has 236 valence electrons. The Morgan fingerprint density at radius 3 is 2.18 bits per heavy atom. The average molecular weight is 607 g/mol. The number of aryl methyl sites for hydroxylation is 1. The van der Waals surface area contributed by atoms with E-state index in [1.807, 2.05) is 72.8 Å². The number of nitrogens with zero attached hydrogens (tertiary/aromatic N) is 1. The zero-order chi connectivity index (χ0) is 31.6. The lowest BCUT2D eigenvalue weighted by Crippen LogP contribution is -2.25. The number of carbonyl (C=O) groups is 1. The number of benzene rings is 3. The molecule has 0 fully saturated rings. The van der Waals surface area contributed by atoms with E-state index in [1.165, 1.54) is 44.9 Å². The Bertz CT molecular complexity index is 1770. The van der Waals surface area contributed by atoms with Crippen molar-refractivity contribution in [3.63, 3.8) is 0 Å². The van der Waals surface area contributed by atoms with E-state index in [9.17, 15) is 14.7 Å². The molecule has 2 aromatic heterocycles. The first-order valence-electron chi connectivity index (χ1n) is 16.6. The summed E-state index contributed by atoms with van der Waals surface area (Å²) in [4.78, 5) is 30.2. The maximum atomic E-state index is 14.0. The number of carbonyl (C=O) groups excluding carboxylic acids is 1. The molecule has 45 heavy (non-hydrogen) atoms. The van der Waals surface area contributed by atoms with Crippen molar-refractivity contribution in [1.29, 1.82) is 0 Å². The Hall–Kier alpha value is -4.32. The topological polar surface area (TPSA) is 84.3 Å². The first-order chi connectivity index (χ1) is 22.0.